The molecule has 1 atom stereocenters. The van der Waals surface area contributed by atoms with Gasteiger partial charge in [0, 0.05) is 15.8 Å². The summed E-state index contributed by atoms with van der Waals surface area (Å²) in [4.78, 5) is 7.31. The lowest BCUT2D eigenvalue weighted by Crippen LogP contribution is -2.28. The number of thiazole rings is 1. The van der Waals surface area contributed by atoms with Crippen molar-refractivity contribution in [2.24, 2.45) is 0 Å². The van der Waals surface area contributed by atoms with E-state index < -0.39 is 0 Å². The van der Waals surface area contributed by atoms with Crippen molar-refractivity contribution in [3.05, 3.63) is 36.4 Å². The Bertz CT molecular complexity index is 511. The molecule has 0 saturated heterocycles. The molecule has 0 bridgehead atoms. The molecule has 0 amide bonds. The number of nitrogens with one attached hydrogen (secondary N) is 1. The van der Waals surface area contributed by atoms with Crippen molar-refractivity contribution >= 4 is 38.6 Å². The van der Waals surface area contributed by atoms with E-state index in [0.717, 1.165) is 14.5 Å². The normalized spacial score (nSPS) is 13.2. The van der Waals surface area contributed by atoms with Gasteiger partial charge in [0.05, 0.1) is 15.5 Å². The van der Waals surface area contributed by atoms with Gasteiger partial charge in [-0.15, -0.1) is 22.7 Å². The highest BCUT2D eigenvalue weighted by molar-refractivity contribution is 9.11. The number of thiophene rings is 1. The highest BCUT2D eigenvalue weighted by Gasteiger charge is 2.21. The molecule has 0 fully saturated rings. The van der Waals surface area contributed by atoms with Crippen molar-refractivity contribution in [2.75, 3.05) is 0 Å². The minimum atomic E-state index is 0.207. The number of hydrogen-bond donors (Lipinski definition) is 1. The molecule has 0 aromatic carbocycles. The fourth-order valence-corrected chi connectivity index (χ4v) is 4.28. The first kappa shape index (κ1) is 14.2. The Morgan fingerprint density at radius 2 is 1.94 bits per heavy atom. The van der Waals surface area contributed by atoms with Gasteiger partial charge in [-0.1, -0.05) is 0 Å². The maximum absolute atomic E-state index is 4.70. The zero-order valence-electron chi connectivity index (χ0n) is 11.0. The lowest BCUT2D eigenvalue weighted by atomic mass is 10.2. The monoisotopic (exact) mass is 344 g/mol. The van der Waals surface area contributed by atoms with Gasteiger partial charge in [-0.05, 0) is 55.8 Å². The Morgan fingerprint density at radius 3 is 2.39 bits per heavy atom. The molecule has 0 aliphatic rings. The van der Waals surface area contributed by atoms with E-state index in [0.29, 0.717) is 6.04 Å². The van der Waals surface area contributed by atoms with Crippen LogP contribution in [-0.2, 0) is 0 Å². The summed E-state index contributed by atoms with van der Waals surface area (Å²) >= 11 is 7.09. The standard InChI is InChI=1S/C13H17BrN2S2/c1-7(2)15-12(10-5-6-11(14)18-10)13-16-8(3)9(4)17-13/h5-7,12,15H,1-4H3. The number of rotatable bonds is 4. The van der Waals surface area contributed by atoms with E-state index in [9.17, 15) is 0 Å². The second-order valence-corrected chi connectivity index (χ2v) is 8.32. The summed E-state index contributed by atoms with van der Waals surface area (Å²) in [7, 11) is 0. The predicted octanol–water partition coefficient (Wildman–Crippen LogP) is 4.67. The fourth-order valence-electron chi connectivity index (χ4n) is 1.71. The van der Waals surface area contributed by atoms with E-state index in [1.807, 2.05) is 0 Å². The van der Waals surface area contributed by atoms with Crippen molar-refractivity contribution in [3.63, 3.8) is 0 Å². The average molecular weight is 345 g/mol. The maximum atomic E-state index is 4.70. The molecule has 2 rings (SSSR count). The molecular weight excluding hydrogens is 328 g/mol. The van der Waals surface area contributed by atoms with Crippen LogP contribution >= 0.6 is 38.6 Å². The molecule has 0 saturated carbocycles. The van der Waals surface area contributed by atoms with Crippen LogP contribution in [0.15, 0.2) is 15.9 Å². The molecular formula is C13H17BrN2S2. The van der Waals surface area contributed by atoms with Gasteiger partial charge in [0.2, 0.25) is 0 Å². The largest absolute Gasteiger partial charge is 0.301 e. The summed E-state index contributed by atoms with van der Waals surface area (Å²) in [6, 6.07) is 4.91. The van der Waals surface area contributed by atoms with Crippen LogP contribution in [0.3, 0.4) is 0 Å². The Labute approximate surface area is 125 Å². The molecule has 2 aromatic heterocycles. The Kier molecular flexibility index (Phi) is 4.59. The lowest BCUT2D eigenvalue weighted by Gasteiger charge is -2.17. The summed E-state index contributed by atoms with van der Waals surface area (Å²) in [5, 5.41) is 4.76. The zero-order valence-corrected chi connectivity index (χ0v) is 14.2. The van der Waals surface area contributed by atoms with Gasteiger partial charge in [0.15, 0.2) is 0 Å². The van der Waals surface area contributed by atoms with Gasteiger partial charge in [-0.2, -0.15) is 0 Å². The Balaban J connectivity index is 2.36. The summed E-state index contributed by atoms with van der Waals surface area (Å²) in [5.74, 6) is 0. The summed E-state index contributed by atoms with van der Waals surface area (Å²) in [5.41, 5.74) is 1.14. The molecule has 5 heteroatoms. The SMILES string of the molecule is Cc1nc(C(NC(C)C)c2ccc(Br)s2)sc1C. The quantitative estimate of drug-likeness (QED) is 0.871. The third-order valence-electron chi connectivity index (χ3n) is 2.67. The van der Waals surface area contributed by atoms with E-state index in [2.05, 4.69) is 61.1 Å². The first-order valence-electron chi connectivity index (χ1n) is 5.92. The van der Waals surface area contributed by atoms with Crippen LogP contribution in [0, 0.1) is 13.8 Å². The van der Waals surface area contributed by atoms with Crippen LogP contribution in [0.4, 0.5) is 0 Å². The molecule has 98 valence electrons. The Morgan fingerprint density at radius 1 is 1.22 bits per heavy atom. The van der Waals surface area contributed by atoms with Crippen molar-refractivity contribution < 1.29 is 0 Å². The summed E-state index contributed by atoms with van der Waals surface area (Å²) < 4.78 is 1.16. The van der Waals surface area contributed by atoms with Crippen molar-refractivity contribution in [1.29, 1.82) is 0 Å². The van der Waals surface area contributed by atoms with Crippen LogP contribution in [0.25, 0.3) is 0 Å². The van der Waals surface area contributed by atoms with Gasteiger partial charge >= 0.3 is 0 Å². The molecule has 0 aliphatic carbocycles. The fraction of sp³-hybridized carbons (Fsp3) is 0.462. The predicted molar refractivity (Wildman–Crippen MR) is 83.7 cm³/mol. The van der Waals surface area contributed by atoms with Crippen LogP contribution in [0.1, 0.15) is 40.3 Å². The van der Waals surface area contributed by atoms with Gasteiger partial charge in [-0.3, -0.25) is 0 Å². The number of aromatic nitrogens is 1. The number of hydrogen-bond acceptors (Lipinski definition) is 4. The second-order valence-electron chi connectivity index (χ2n) is 4.59. The van der Waals surface area contributed by atoms with E-state index >= 15 is 0 Å². The van der Waals surface area contributed by atoms with E-state index in [4.69, 9.17) is 4.98 Å². The molecule has 1 unspecified atom stereocenters. The van der Waals surface area contributed by atoms with Crippen molar-refractivity contribution in [1.82, 2.24) is 10.3 Å². The van der Waals surface area contributed by atoms with E-state index in [-0.39, 0.29) is 6.04 Å². The van der Waals surface area contributed by atoms with Gasteiger partial charge < -0.3 is 5.32 Å². The van der Waals surface area contributed by atoms with Crippen molar-refractivity contribution in [2.45, 2.75) is 39.8 Å². The smallest absolute Gasteiger partial charge is 0.115 e. The minimum absolute atomic E-state index is 0.207. The van der Waals surface area contributed by atoms with Crippen LogP contribution in [0.2, 0.25) is 0 Å². The number of halogens is 1. The second kappa shape index (κ2) is 5.82. The third-order valence-corrected chi connectivity index (χ3v) is 5.50. The molecule has 18 heavy (non-hydrogen) atoms. The highest BCUT2D eigenvalue weighted by atomic mass is 79.9. The molecule has 0 spiro atoms. The van der Waals surface area contributed by atoms with Gasteiger partial charge in [0.1, 0.15) is 5.01 Å². The average Bonchev–Trinajstić information content (AvgIpc) is 2.83. The molecule has 0 aliphatic heterocycles. The summed E-state index contributed by atoms with van der Waals surface area (Å²) in [6.45, 7) is 8.55. The van der Waals surface area contributed by atoms with Gasteiger partial charge in [-0.25, -0.2) is 4.98 Å². The number of nitrogens with zero attached hydrogens (tertiary/aromatic N) is 1. The van der Waals surface area contributed by atoms with E-state index in [1.54, 1.807) is 22.7 Å². The van der Waals surface area contributed by atoms with Crippen LogP contribution < -0.4 is 5.32 Å². The molecule has 2 aromatic rings. The Hall–Kier alpha value is -0.230. The van der Waals surface area contributed by atoms with Gasteiger partial charge in [0.25, 0.3) is 0 Å². The lowest BCUT2D eigenvalue weighted by molar-refractivity contribution is 0.532. The zero-order chi connectivity index (χ0) is 13.3. The first-order valence-corrected chi connectivity index (χ1v) is 8.35. The molecule has 2 nitrogen and oxygen atoms in total. The molecule has 0 radical (unpaired) electrons. The maximum Gasteiger partial charge on any atom is 0.115 e. The number of aryl methyl sites for hydroxylation is 2. The topological polar surface area (TPSA) is 24.9 Å². The van der Waals surface area contributed by atoms with Crippen LogP contribution in [-0.4, -0.2) is 11.0 Å². The van der Waals surface area contributed by atoms with E-state index in [1.165, 1.54) is 9.75 Å². The molecule has 1 N–H and O–H groups in total. The third kappa shape index (κ3) is 3.20. The summed E-state index contributed by atoms with van der Waals surface area (Å²) in [6.07, 6.45) is 0. The first-order chi connectivity index (χ1) is 8.47. The molecule has 2 heterocycles. The van der Waals surface area contributed by atoms with Crippen LogP contribution in [0.5, 0.6) is 0 Å². The minimum Gasteiger partial charge on any atom is -0.301 e. The van der Waals surface area contributed by atoms with Crippen molar-refractivity contribution in [3.8, 4) is 0 Å². The highest BCUT2D eigenvalue weighted by Crippen LogP contribution is 2.34.